The van der Waals surface area contributed by atoms with E-state index in [9.17, 15) is 5.11 Å². The van der Waals surface area contributed by atoms with Crippen LogP contribution in [0.15, 0.2) is 0 Å². The zero-order chi connectivity index (χ0) is 13.5. The predicted octanol–water partition coefficient (Wildman–Crippen LogP) is 2.49. The molecule has 2 rings (SSSR count). The molecule has 0 saturated carbocycles. The normalized spacial score (nSPS) is 25.6. The van der Waals surface area contributed by atoms with E-state index in [2.05, 4.69) is 16.7 Å². The first-order valence-corrected chi connectivity index (χ1v) is 8.44. The van der Waals surface area contributed by atoms with Crippen LogP contribution in [-0.4, -0.2) is 59.8 Å². The molecule has 1 N–H and O–H groups in total. The highest BCUT2D eigenvalue weighted by Crippen LogP contribution is 2.21. The molecule has 1 atom stereocenters. The van der Waals surface area contributed by atoms with Crippen LogP contribution < -0.4 is 0 Å². The van der Waals surface area contributed by atoms with Gasteiger partial charge >= 0.3 is 0 Å². The lowest BCUT2D eigenvalue weighted by Crippen LogP contribution is -2.46. The Hall–Kier alpha value is -0.120. The summed E-state index contributed by atoms with van der Waals surface area (Å²) < 4.78 is 0. The van der Waals surface area contributed by atoms with Crippen molar-refractivity contribution in [1.29, 1.82) is 0 Å². The van der Waals surface area contributed by atoms with E-state index in [1.54, 1.807) is 0 Å². The lowest BCUT2D eigenvalue weighted by Gasteiger charge is -2.40. The van der Waals surface area contributed by atoms with E-state index in [-0.39, 0.29) is 6.10 Å². The lowest BCUT2D eigenvalue weighted by atomic mass is 9.99. The minimum atomic E-state index is -0.0779. The smallest absolute Gasteiger partial charge is 0.0538 e. The SMILES string of the molecule is CCC(O)CCCN1CCC(N2CCCCC2)CC1. The summed E-state index contributed by atoms with van der Waals surface area (Å²) in [5, 5.41) is 9.57. The Morgan fingerprint density at radius 1 is 1.05 bits per heavy atom. The van der Waals surface area contributed by atoms with E-state index in [1.165, 1.54) is 64.8 Å². The average molecular weight is 268 g/mol. The van der Waals surface area contributed by atoms with Gasteiger partial charge in [0.25, 0.3) is 0 Å². The second-order valence-electron chi connectivity index (χ2n) is 6.37. The van der Waals surface area contributed by atoms with Crippen LogP contribution in [0.3, 0.4) is 0 Å². The Balaban J connectivity index is 1.59. The van der Waals surface area contributed by atoms with Crippen molar-refractivity contribution in [1.82, 2.24) is 9.80 Å². The number of aliphatic hydroxyl groups is 1. The molecule has 2 aliphatic rings. The summed E-state index contributed by atoms with van der Waals surface area (Å²) in [5.74, 6) is 0. The third-order valence-corrected chi connectivity index (χ3v) is 4.95. The minimum Gasteiger partial charge on any atom is -0.393 e. The Bertz CT molecular complexity index is 233. The van der Waals surface area contributed by atoms with Crippen LogP contribution in [-0.2, 0) is 0 Å². The fourth-order valence-corrected chi connectivity index (χ4v) is 3.55. The molecule has 1 unspecified atom stereocenters. The van der Waals surface area contributed by atoms with E-state index in [0.717, 1.165) is 25.3 Å². The average Bonchev–Trinajstić information content (AvgIpc) is 2.48. The van der Waals surface area contributed by atoms with Crippen molar-refractivity contribution in [2.75, 3.05) is 32.7 Å². The Morgan fingerprint density at radius 3 is 2.37 bits per heavy atom. The van der Waals surface area contributed by atoms with Crippen molar-refractivity contribution in [2.45, 2.75) is 70.4 Å². The van der Waals surface area contributed by atoms with Crippen LogP contribution >= 0.6 is 0 Å². The maximum Gasteiger partial charge on any atom is 0.0538 e. The van der Waals surface area contributed by atoms with Gasteiger partial charge in [0.2, 0.25) is 0 Å². The Labute approximate surface area is 119 Å². The number of nitrogens with zero attached hydrogens (tertiary/aromatic N) is 2. The highest BCUT2D eigenvalue weighted by atomic mass is 16.3. The molecule has 0 radical (unpaired) electrons. The lowest BCUT2D eigenvalue weighted by molar-refractivity contribution is 0.0880. The monoisotopic (exact) mass is 268 g/mol. The standard InChI is InChI=1S/C16H32N2O/c1-2-16(19)7-6-10-17-13-8-15(9-14-17)18-11-4-3-5-12-18/h15-16,19H,2-14H2,1H3. The predicted molar refractivity (Wildman–Crippen MR) is 80.4 cm³/mol. The molecular formula is C16H32N2O. The fraction of sp³-hybridized carbons (Fsp3) is 1.00. The van der Waals surface area contributed by atoms with Gasteiger partial charge in [0, 0.05) is 6.04 Å². The molecule has 19 heavy (non-hydrogen) atoms. The molecule has 2 fully saturated rings. The molecule has 0 spiro atoms. The van der Waals surface area contributed by atoms with Gasteiger partial charge in [-0.05, 0) is 77.7 Å². The number of hydrogen-bond acceptors (Lipinski definition) is 3. The second kappa shape index (κ2) is 8.23. The molecule has 2 saturated heterocycles. The van der Waals surface area contributed by atoms with Gasteiger partial charge in [-0.1, -0.05) is 13.3 Å². The second-order valence-corrected chi connectivity index (χ2v) is 6.37. The molecule has 3 nitrogen and oxygen atoms in total. The van der Waals surface area contributed by atoms with Gasteiger partial charge in [-0.3, -0.25) is 0 Å². The van der Waals surface area contributed by atoms with E-state index in [1.807, 2.05) is 0 Å². The maximum absolute atomic E-state index is 9.57. The van der Waals surface area contributed by atoms with Crippen LogP contribution in [0.2, 0.25) is 0 Å². The first-order valence-electron chi connectivity index (χ1n) is 8.44. The van der Waals surface area contributed by atoms with Crippen molar-refractivity contribution in [3.05, 3.63) is 0 Å². The van der Waals surface area contributed by atoms with Crippen LogP contribution in [0.5, 0.6) is 0 Å². The van der Waals surface area contributed by atoms with Gasteiger partial charge in [-0.2, -0.15) is 0 Å². The van der Waals surface area contributed by atoms with Crippen LogP contribution in [0, 0.1) is 0 Å². The number of rotatable bonds is 6. The minimum absolute atomic E-state index is 0.0779. The van der Waals surface area contributed by atoms with Crippen molar-refractivity contribution < 1.29 is 5.11 Å². The number of likely N-dealkylation sites (tertiary alicyclic amines) is 2. The third kappa shape index (κ3) is 5.05. The largest absolute Gasteiger partial charge is 0.393 e. The number of hydrogen-bond donors (Lipinski definition) is 1. The van der Waals surface area contributed by atoms with Crippen molar-refractivity contribution >= 4 is 0 Å². The summed E-state index contributed by atoms with van der Waals surface area (Å²) in [4.78, 5) is 5.34. The van der Waals surface area contributed by atoms with Gasteiger partial charge in [0.05, 0.1) is 6.10 Å². The zero-order valence-corrected chi connectivity index (χ0v) is 12.7. The molecular weight excluding hydrogens is 236 g/mol. The summed E-state index contributed by atoms with van der Waals surface area (Å²) in [6, 6.07) is 0.859. The van der Waals surface area contributed by atoms with Crippen LogP contribution in [0.25, 0.3) is 0 Å². The number of aliphatic hydroxyl groups excluding tert-OH is 1. The topological polar surface area (TPSA) is 26.7 Å². The fourth-order valence-electron chi connectivity index (χ4n) is 3.55. The molecule has 0 aromatic rings. The Morgan fingerprint density at radius 2 is 1.74 bits per heavy atom. The molecule has 0 amide bonds. The quantitative estimate of drug-likeness (QED) is 0.802. The molecule has 0 bridgehead atoms. The Kier molecular flexibility index (Phi) is 6.62. The summed E-state index contributed by atoms with van der Waals surface area (Å²) in [5.41, 5.74) is 0. The third-order valence-electron chi connectivity index (χ3n) is 4.95. The van der Waals surface area contributed by atoms with Gasteiger partial charge in [0.1, 0.15) is 0 Å². The van der Waals surface area contributed by atoms with E-state index in [4.69, 9.17) is 0 Å². The highest BCUT2D eigenvalue weighted by Gasteiger charge is 2.25. The van der Waals surface area contributed by atoms with Crippen molar-refractivity contribution in [2.24, 2.45) is 0 Å². The molecule has 0 aromatic heterocycles. The highest BCUT2D eigenvalue weighted by molar-refractivity contribution is 4.81. The van der Waals surface area contributed by atoms with E-state index < -0.39 is 0 Å². The van der Waals surface area contributed by atoms with E-state index in [0.29, 0.717) is 0 Å². The summed E-state index contributed by atoms with van der Waals surface area (Å²) in [6.07, 6.45) is 9.93. The molecule has 112 valence electrons. The van der Waals surface area contributed by atoms with Gasteiger partial charge in [-0.25, -0.2) is 0 Å². The van der Waals surface area contributed by atoms with Crippen LogP contribution in [0.1, 0.15) is 58.3 Å². The van der Waals surface area contributed by atoms with Gasteiger partial charge < -0.3 is 14.9 Å². The van der Waals surface area contributed by atoms with Crippen LogP contribution in [0.4, 0.5) is 0 Å². The van der Waals surface area contributed by atoms with Gasteiger partial charge in [-0.15, -0.1) is 0 Å². The van der Waals surface area contributed by atoms with E-state index >= 15 is 0 Å². The molecule has 0 aliphatic carbocycles. The molecule has 3 heteroatoms. The first kappa shape index (κ1) is 15.3. The maximum atomic E-state index is 9.57. The molecule has 2 heterocycles. The summed E-state index contributed by atoms with van der Waals surface area (Å²) >= 11 is 0. The molecule has 2 aliphatic heterocycles. The zero-order valence-electron chi connectivity index (χ0n) is 12.7. The summed E-state index contributed by atoms with van der Waals surface area (Å²) in [6.45, 7) is 8.46. The molecule has 0 aromatic carbocycles. The van der Waals surface area contributed by atoms with Crippen molar-refractivity contribution in [3.8, 4) is 0 Å². The van der Waals surface area contributed by atoms with Gasteiger partial charge in [0.15, 0.2) is 0 Å². The summed E-state index contributed by atoms with van der Waals surface area (Å²) in [7, 11) is 0. The number of piperidine rings is 2. The first-order chi connectivity index (χ1) is 9.29. The van der Waals surface area contributed by atoms with Crippen molar-refractivity contribution in [3.63, 3.8) is 0 Å².